The van der Waals surface area contributed by atoms with Crippen LogP contribution in [-0.4, -0.2) is 36.1 Å². The topological polar surface area (TPSA) is 80.2 Å². The minimum Gasteiger partial charge on any atom is -0.279 e. The second-order valence-corrected chi connectivity index (χ2v) is 8.88. The first-order valence-corrected chi connectivity index (χ1v) is 9.84. The molecule has 0 bridgehead atoms. The monoisotopic (exact) mass is 415 g/mol. The lowest BCUT2D eigenvalue weighted by Crippen LogP contribution is -2.28. The van der Waals surface area contributed by atoms with Crippen LogP contribution in [0.5, 0.6) is 0 Å². The van der Waals surface area contributed by atoms with Crippen molar-refractivity contribution >= 4 is 47.5 Å². The number of amides is 1. The molecule has 0 radical (unpaired) electrons. The second kappa shape index (κ2) is 6.18. The molecule has 2 aromatic rings. The molecule has 23 heavy (non-hydrogen) atoms. The SMILES string of the molecule is O=C1CC(S(=O)(=O)Cl)CN1c1nccc(-c2ccc(Br)cc2)n1. The maximum Gasteiger partial charge on any atom is 0.237 e. The molecule has 0 spiro atoms. The van der Waals surface area contributed by atoms with E-state index in [2.05, 4.69) is 25.9 Å². The summed E-state index contributed by atoms with van der Waals surface area (Å²) >= 11 is 3.36. The molecule has 6 nitrogen and oxygen atoms in total. The Morgan fingerprint density at radius 2 is 1.91 bits per heavy atom. The van der Waals surface area contributed by atoms with Gasteiger partial charge in [0, 0.05) is 39.9 Å². The van der Waals surface area contributed by atoms with Crippen LogP contribution >= 0.6 is 26.6 Å². The summed E-state index contributed by atoms with van der Waals surface area (Å²) in [6.07, 6.45) is 1.38. The molecule has 1 aromatic carbocycles. The number of anilines is 1. The van der Waals surface area contributed by atoms with E-state index in [9.17, 15) is 13.2 Å². The fourth-order valence-corrected chi connectivity index (χ4v) is 3.61. The number of aromatic nitrogens is 2. The van der Waals surface area contributed by atoms with Crippen molar-refractivity contribution in [3.8, 4) is 11.3 Å². The lowest BCUT2D eigenvalue weighted by molar-refractivity contribution is -0.117. The zero-order valence-corrected chi connectivity index (χ0v) is 14.8. The van der Waals surface area contributed by atoms with Gasteiger partial charge in [-0.3, -0.25) is 9.69 Å². The van der Waals surface area contributed by atoms with E-state index in [1.54, 1.807) is 6.07 Å². The van der Waals surface area contributed by atoms with Gasteiger partial charge in [-0.05, 0) is 18.2 Å². The third-order valence-electron chi connectivity index (χ3n) is 3.51. The molecule has 2 heterocycles. The van der Waals surface area contributed by atoms with E-state index in [1.165, 1.54) is 11.1 Å². The standard InChI is InChI=1S/C14H11BrClN3O3S/c15-10-3-1-9(2-4-10)12-5-6-17-14(18-12)19-8-11(7-13(19)20)23(16,21)22/h1-6,11H,7-8H2. The lowest BCUT2D eigenvalue weighted by atomic mass is 10.1. The number of rotatable bonds is 3. The van der Waals surface area contributed by atoms with Crippen LogP contribution < -0.4 is 4.90 Å². The van der Waals surface area contributed by atoms with Crippen LogP contribution in [0.3, 0.4) is 0 Å². The predicted molar refractivity (Wildman–Crippen MR) is 90.7 cm³/mol. The molecule has 9 heteroatoms. The highest BCUT2D eigenvalue weighted by Gasteiger charge is 2.39. The van der Waals surface area contributed by atoms with Crippen molar-refractivity contribution in [1.82, 2.24) is 9.97 Å². The molecule has 1 amide bonds. The molecule has 1 aliphatic heterocycles. The van der Waals surface area contributed by atoms with Crippen molar-refractivity contribution < 1.29 is 13.2 Å². The quantitative estimate of drug-likeness (QED) is 0.719. The number of carbonyl (C=O) groups excluding carboxylic acids is 1. The van der Waals surface area contributed by atoms with Crippen LogP contribution in [0.25, 0.3) is 11.3 Å². The molecular formula is C14H11BrClN3O3S. The van der Waals surface area contributed by atoms with E-state index in [0.717, 1.165) is 10.0 Å². The van der Waals surface area contributed by atoms with Crippen LogP contribution in [0.1, 0.15) is 6.42 Å². The Morgan fingerprint density at radius 3 is 2.52 bits per heavy atom. The van der Waals surface area contributed by atoms with Crippen molar-refractivity contribution in [1.29, 1.82) is 0 Å². The van der Waals surface area contributed by atoms with Crippen molar-refractivity contribution in [3.05, 3.63) is 41.0 Å². The van der Waals surface area contributed by atoms with E-state index in [4.69, 9.17) is 10.7 Å². The first-order valence-electron chi connectivity index (χ1n) is 6.67. The molecule has 1 atom stereocenters. The molecule has 0 aliphatic carbocycles. The van der Waals surface area contributed by atoms with Crippen molar-refractivity contribution in [2.24, 2.45) is 0 Å². The van der Waals surface area contributed by atoms with Gasteiger partial charge in [0.05, 0.1) is 5.69 Å². The summed E-state index contributed by atoms with van der Waals surface area (Å²) in [5.74, 6) is -0.176. The molecule has 1 unspecified atom stereocenters. The normalized spacial score (nSPS) is 18.4. The number of halogens is 2. The summed E-state index contributed by atoms with van der Waals surface area (Å²) in [5, 5.41) is -0.934. The summed E-state index contributed by atoms with van der Waals surface area (Å²) in [6, 6.07) is 9.26. The molecule has 1 saturated heterocycles. The second-order valence-electron chi connectivity index (χ2n) is 5.05. The minimum atomic E-state index is -3.79. The highest BCUT2D eigenvalue weighted by Crippen LogP contribution is 2.26. The fraction of sp³-hybridized carbons (Fsp3) is 0.214. The summed E-state index contributed by atoms with van der Waals surface area (Å²) < 4.78 is 23.8. The van der Waals surface area contributed by atoms with Crippen LogP contribution in [0.4, 0.5) is 5.95 Å². The van der Waals surface area contributed by atoms with Gasteiger partial charge in [0.25, 0.3) is 0 Å². The van der Waals surface area contributed by atoms with Gasteiger partial charge in [-0.1, -0.05) is 28.1 Å². The summed E-state index contributed by atoms with van der Waals surface area (Å²) in [6.45, 7) is -0.0333. The lowest BCUT2D eigenvalue weighted by Gasteiger charge is -2.14. The van der Waals surface area contributed by atoms with Crippen LogP contribution in [0, 0.1) is 0 Å². The number of benzene rings is 1. The fourth-order valence-electron chi connectivity index (χ4n) is 2.32. The van der Waals surface area contributed by atoms with Gasteiger partial charge in [-0.25, -0.2) is 18.4 Å². The Kier molecular flexibility index (Phi) is 4.39. The average molecular weight is 417 g/mol. The summed E-state index contributed by atoms with van der Waals surface area (Å²) in [4.78, 5) is 21.7. The Labute approximate surface area is 146 Å². The first-order chi connectivity index (χ1) is 10.8. The van der Waals surface area contributed by atoms with Crippen LogP contribution in [0.2, 0.25) is 0 Å². The minimum absolute atomic E-state index is 0.0333. The van der Waals surface area contributed by atoms with E-state index >= 15 is 0 Å². The zero-order chi connectivity index (χ0) is 16.6. The maximum absolute atomic E-state index is 12.0. The number of nitrogens with zero attached hydrogens (tertiary/aromatic N) is 3. The molecule has 1 aromatic heterocycles. The zero-order valence-electron chi connectivity index (χ0n) is 11.7. The van der Waals surface area contributed by atoms with Gasteiger partial charge >= 0.3 is 0 Å². The Morgan fingerprint density at radius 1 is 1.22 bits per heavy atom. The van der Waals surface area contributed by atoms with Crippen molar-refractivity contribution in [3.63, 3.8) is 0 Å². The summed E-state index contributed by atoms with van der Waals surface area (Å²) in [5.41, 5.74) is 1.51. The Bertz CT molecular complexity index is 858. The van der Waals surface area contributed by atoms with Gasteiger partial charge in [0.1, 0.15) is 5.25 Å². The molecule has 1 aliphatic rings. The van der Waals surface area contributed by atoms with Gasteiger partial charge in [-0.2, -0.15) is 0 Å². The Balaban J connectivity index is 1.91. The van der Waals surface area contributed by atoms with Crippen LogP contribution in [0.15, 0.2) is 41.0 Å². The number of hydrogen-bond acceptors (Lipinski definition) is 5. The third kappa shape index (κ3) is 3.54. The summed E-state index contributed by atoms with van der Waals surface area (Å²) in [7, 11) is 1.55. The van der Waals surface area contributed by atoms with Gasteiger partial charge in [-0.15, -0.1) is 0 Å². The predicted octanol–water partition coefficient (Wildman–Crippen LogP) is 2.58. The van der Waals surface area contributed by atoms with E-state index in [-0.39, 0.29) is 24.8 Å². The third-order valence-corrected chi connectivity index (χ3v) is 5.91. The van der Waals surface area contributed by atoms with E-state index in [0.29, 0.717) is 5.69 Å². The molecule has 1 fully saturated rings. The smallest absolute Gasteiger partial charge is 0.237 e. The number of hydrogen-bond donors (Lipinski definition) is 0. The molecule has 0 saturated carbocycles. The average Bonchev–Trinajstić information content (AvgIpc) is 2.90. The Hall–Kier alpha value is -1.51. The molecule has 120 valence electrons. The highest BCUT2D eigenvalue weighted by atomic mass is 79.9. The highest BCUT2D eigenvalue weighted by molar-refractivity contribution is 9.10. The maximum atomic E-state index is 12.0. The van der Waals surface area contributed by atoms with Gasteiger partial charge in [0.15, 0.2) is 0 Å². The number of carbonyl (C=O) groups is 1. The molecular weight excluding hydrogens is 406 g/mol. The van der Waals surface area contributed by atoms with Crippen molar-refractivity contribution in [2.75, 3.05) is 11.4 Å². The van der Waals surface area contributed by atoms with Crippen molar-refractivity contribution in [2.45, 2.75) is 11.7 Å². The molecule has 0 N–H and O–H groups in total. The van der Waals surface area contributed by atoms with E-state index < -0.39 is 14.3 Å². The van der Waals surface area contributed by atoms with Gasteiger partial charge in [0.2, 0.25) is 20.9 Å². The molecule has 3 rings (SSSR count). The van der Waals surface area contributed by atoms with Gasteiger partial charge < -0.3 is 0 Å². The van der Waals surface area contributed by atoms with E-state index in [1.807, 2.05) is 24.3 Å². The largest absolute Gasteiger partial charge is 0.279 e. The van der Waals surface area contributed by atoms with Crippen LogP contribution in [-0.2, 0) is 13.8 Å². The first kappa shape index (κ1) is 16.4.